The number of rotatable bonds is 3. The molecule has 0 bridgehead atoms. The van der Waals surface area contributed by atoms with E-state index in [9.17, 15) is 4.79 Å². The van der Waals surface area contributed by atoms with E-state index in [1.165, 1.54) is 0 Å². The average molecular weight is 283 g/mol. The van der Waals surface area contributed by atoms with Crippen molar-refractivity contribution in [3.05, 3.63) is 53.6 Å². The van der Waals surface area contributed by atoms with Crippen molar-refractivity contribution in [2.24, 2.45) is 0 Å². The molecule has 3 rings (SSSR count). The predicted molar refractivity (Wildman–Crippen MR) is 80.9 cm³/mol. The van der Waals surface area contributed by atoms with Crippen molar-refractivity contribution in [3.63, 3.8) is 0 Å². The minimum atomic E-state index is 0.0446. The van der Waals surface area contributed by atoms with Crippen LogP contribution in [0.3, 0.4) is 0 Å². The number of nitrogens with zero attached hydrogens (tertiary/aromatic N) is 1. The molecule has 2 aromatic rings. The molecule has 1 aliphatic heterocycles. The lowest BCUT2D eigenvalue weighted by atomic mass is 10.1. The number of aryl methyl sites for hydroxylation is 1. The molecule has 0 atom stereocenters. The normalized spacial score (nSPS) is 12.3. The summed E-state index contributed by atoms with van der Waals surface area (Å²) in [6, 6.07) is 13.5. The molecule has 0 aliphatic carbocycles. The van der Waals surface area contributed by atoms with Gasteiger partial charge in [0.05, 0.1) is 6.42 Å². The Balaban J connectivity index is 1.77. The Morgan fingerprint density at radius 2 is 1.90 bits per heavy atom. The van der Waals surface area contributed by atoms with E-state index in [4.69, 9.17) is 9.47 Å². The summed E-state index contributed by atoms with van der Waals surface area (Å²) in [6.45, 7) is 2.25. The molecular formula is C17H17NO3. The highest BCUT2D eigenvalue weighted by molar-refractivity contribution is 5.94. The smallest absolute Gasteiger partial charge is 0.231 e. The molecule has 4 nitrogen and oxygen atoms in total. The van der Waals surface area contributed by atoms with Gasteiger partial charge in [0, 0.05) is 18.8 Å². The third-order valence-electron chi connectivity index (χ3n) is 3.72. The summed E-state index contributed by atoms with van der Waals surface area (Å²) in [5.41, 5.74) is 2.98. The van der Waals surface area contributed by atoms with Crippen molar-refractivity contribution >= 4 is 11.6 Å². The number of hydrogen-bond donors (Lipinski definition) is 0. The number of fused-ring (bicyclic) bond motifs is 1. The van der Waals surface area contributed by atoms with E-state index in [1.54, 1.807) is 11.9 Å². The van der Waals surface area contributed by atoms with Crippen LogP contribution in [0, 0.1) is 6.92 Å². The molecular weight excluding hydrogens is 266 g/mol. The lowest BCUT2D eigenvalue weighted by molar-refractivity contribution is -0.117. The molecule has 0 radical (unpaired) electrons. The highest BCUT2D eigenvalue weighted by Crippen LogP contribution is 2.35. The first-order chi connectivity index (χ1) is 10.1. The molecule has 0 saturated heterocycles. The van der Waals surface area contributed by atoms with Crippen LogP contribution in [0.1, 0.15) is 11.1 Å². The summed E-state index contributed by atoms with van der Waals surface area (Å²) in [5.74, 6) is 1.45. The highest BCUT2D eigenvalue weighted by Gasteiger charge is 2.18. The van der Waals surface area contributed by atoms with Crippen molar-refractivity contribution in [3.8, 4) is 11.5 Å². The minimum Gasteiger partial charge on any atom is -0.454 e. The summed E-state index contributed by atoms with van der Waals surface area (Å²) < 4.78 is 10.6. The van der Waals surface area contributed by atoms with Crippen LogP contribution in [-0.4, -0.2) is 19.7 Å². The molecule has 4 heteroatoms. The van der Waals surface area contributed by atoms with Gasteiger partial charge in [0.1, 0.15) is 0 Å². The van der Waals surface area contributed by atoms with Gasteiger partial charge in [-0.15, -0.1) is 0 Å². The molecule has 0 spiro atoms. The summed E-state index contributed by atoms with van der Waals surface area (Å²) in [6.07, 6.45) is 0.387. The van der Waals surface area contributed by atoms with E-state index in [1.807, 2.05) is 49.4 Å². The fourth-order valence-electron chi connectivity index (χ4n) is 2.33. The number of anilines is 1. The van der Waals surface area contributed by atoms with Crippen molar-refractivity contribution in [2.45, 2.75) is 13.3 Å². The SMILES string of the molecule is Cc1ccccc1CC(=O)N(C)c1ccc2c(c1)OCO2. The monoisotopic (exact) mass is 283 g/mol. The molecule has 0 unspecified atom stereocenters. The minimum absolute atomic E-state index is 0.0446. The Hall–Kier alpha value is -2.49. The van der Waals surface area contributed by atoms with Gasteiger partial charge in [-0.05, 0) is 30.2 Å². The molecule has 21 heavy (non-hydrogen) atoms. The Bertz CT molecular complexity index is 681. The number of ether oxygens (including phenoxy) is 2. The molecule has 1 amide bonds. The molecule has 0 aromatic heterocycles. The van der Waals surface area contributed by atoms with Gasteiger partial charge in [0.25, 0.3) is 0 Å². The number of hydrogen-bond acceptors (Lipinski definition) is 3. The number of amides is 1. The van der Waals surface area contributed by atoms with E-state index in [0.29, 0.717) is 12.2 Å². The number of benzene rings is 2. The van der Waals surface area contributed by atoms with Crippen molar-refractivity contribution in [1.29, 1.82) is 0 Å². The molecule has 1 heterocycles. The maximum atomic E-state index is 12.4. The lowest BCUT2D eigenvalue weighted by Crippen LogP contribution is -2.28. The Kier molecular flexibility index (Phi) is 3.52. The van der Waals surface area contributed by atoms with Gasteiger partial charge < -0.3 is 14.4 Å². The van der Waals surface area contributed by atoms with Gasteiger partial charge in [-0.25, -0.2) is 0 Å². The van der Waals surface area contributed by atoms with Crippen LogP contribution in [0.2, 0.25) is 0 Å². The van der Waals surface area contributed by atoms with Gasteiger partial charge in [0.15, 0.2) is 11.5 Å². The van der Waals surface area contributed by atoms with Crippen LogP contribution in [0.25, 0.3) is 0 Å². The number of carbonyl (C=O) groups is 1. The highest BCUT2D eigenvalue weighted by atomic mass is 16.7. The molecule has 108 valence electrons. The second-order valence-corrected chi connectivity index (χ2v) is 5.09. The second-order valence-electron chi connectivity index (χ2n) is 5.09. The molecule has 2 aromatic carbocycles. The third-order valence-corrected chi connectivity index (χ3v) is 3.72. The van der Waals surface area contributed by atoms with Gasteiger partial charge in [-0.1, -0.05) is 24.3 Å². The first-order valence-electron chi connectivity index (χ1n) is 6.86. The maximum absolute atomic E-state index is 12.4. The largest absolute Gasteiger partial charge is 0.454 e. The predicted octanol–water partition coefficient (Wildman–Crippen LogP) is 2.93. The molecule has 0 N–H and O–H groups in total. The van der Waals surface area contributed by atoms with Crippen LogP contribution in [0.4, 0.5) is 5.69 Å². The Morgan fingerprint density at radius 3 is 2.71 bits per heavy atom. The fourth-order valence-corrected chi connectivity index (χ4v) is 2.33. The van der Waals surface area contributed by atoms with Gasteiger partial charge >= 0.3 is 0 Å². The second kappa shape index (κ2) is 5.48. The van der Waals surface area contributed by atoms with Crippen LogP contribution < -0.4 is 14.4 Å². The van der Waals surface area contributed by atoms with Crippen molar-refractivity contribution in [2.75, 3.05) is 18.7 Å². The van der Waals surface area contributed by atoms with E-state index in [2.05, 4.69) is 0 Å². The van der Waals surface area contributed by atoms with Crippen molar-refractivity contribution in [1.82, 2.24) is 0 Å². The first kappa shape index (κ1) is 13.5. The van der Waals surface area contributed by atoms with Crippen molar-refractivity contribution < 1.29 is 14.3 Å². The number of likely N-dealkylation sites (N-methyl/N-ethyl adjacent to an activating group) is 1. The zero-order valence-electron chi connectivity index (χ0n) is 12.1. The Morgan fingerprint density at radius 1 is 1.14 bits per heavy atom. The fraction of sp³-hybridized carbons (Fsp3) is 0.235. The maximum Gasteiger partial charge on any atom is 0.231 e. The standard InChI is InChI=1S/C17H17NO3/c1-12-5-3-4-6-13(12)9-17(19)18(2)14-7-8-15-16(10-14)21-11-20-15/h3-8,10H,9,11H2,1-2H3. The number of carbonyl (C=O) groups excluding carboxylic acids is 1. The van der Waals surface area contributed by atoms with E-state index < -0.39 is 0 Å². The van der Waals surface area contributed by atoms with E-state index in [0.717, 1.165) is 22.6 Å². The van der Waals surface area contributed by atoms with Gasteiger partial charge in [0.2, 0.25) is 12.7 Å². The first-order valence-corrected chi connectivity index (χ1v) is 6.86. The summed E-state index contributed by atoms with van der Waals surface area (Å²) in [4.78, 5) is 14.1. The molecule has 1 aliphatic rings. The van der Waals surface area contributed by atoms with E-state index in [-0.39, 0.29) is 12.7 Å². The van der Waals surface area contributed by atoms with Crippen LogP contribution in [0.15, 0.2) is 42.5 Å². The zero-order valence-corrected chi connectivity index (χ0v) is 12.1. The third kappa shape index (κ3) is 2.70. The Labute approximate surface area is 123 Å². The lowest BCUT2D eigenvalue weighted by Gasteiger charge is -2.18. The quantitative estimate of drug-likeness (QED) is 0.869. The summed E-state index contributed by atoms with van der Waals surface area (Å²) in [5, 5.41) is 0. The summed E-state index contributed by atoms with van der Waals surface area (Å²) in [7, 11) is 1.78. The molecule has 0 fully saturated rings. The topological polar surface area (TPSA) is 38.8 Å². The van der Waals surface area contributed by atoms with Crippen LogP contribution in [0.5, 0.6) is 11.5 Å². The van der Waals surface area contributed by atoms with Gasteiger partial charge in [-0.2, -0.15) is 0 Å². The van der Waals surface area contributed by atoms with Crippen LogP contribution in [-0.2, 0) is 11.2 Å². The molecule has 0 saturated carbocycles. The van der Waals surface area contributed by atoms with Crippen LogP contribution >= 0.6 is 0 Å². The zero-order chi connectivity index (χ0) is 14.8. The average Bonchev–Trinajstić information content (AvgIpc) is 2.96. The van der Waals surface area contributed by atoms with Gasteiger partial charge in [-0.3, -0.25) is 4.79 Å². The van der Waals surface area contributed by atoms with E-state index >= 15 is 0 Å². The summed E-state index contributed by atoms with van der Waals surface area (Å²) >= 11 is 0.